The van der Waals surface area contributed by atoms with E-state index in [1.807, 2.05) is 30.3 Å². The van der Waals surface area contributed by atoms with Crippen LogP contribution in [0.4, 0.5) is 0 Å². The van der Waals surface area contributed by atoms with E-state index in [4.69, 9.17) is 4.74 Å². The normalized spacial score (nSPS) is 23.4. The molecule has 0 spiro atoms. The lowest BCUT2D eigenvalue weighted by Gasteiger charge is -2.05. The van der Waals surface area contributed by atoms with Crippen LogP contribution in [0.25, 0.3) is 0 Å². The number of carbonyl (C=O) groups excluding carboxylic acids is 1. The lowest BCUT2D eigenvalue weighted by molar-refractivity contribution is -0.133. The smallest absolute Gasteiger partial charge is 0.343 e. The zero-order valence-corrected chi connectivity index (χ0v) is 10.7. The van der Waals surface area contributed by atoms with Gasteiger partial charge in [0.2, 0.25) is 5.90 Å². The third kappa shape index (κ3) is 2.57. The van der Waals surface area contributed by atoms with Crippen molar-refractivity contribution >= 4 is 17.6 Å². The van der Waals surface area contributed by atoms with Crippen molar-refractivity contribution in [1.29, 1.82) is 0 Å². The number of benzene rings is 1. The van der Waals surface area contributed by atoms with Crippen LogP contribution in [0.3, 0.4) is 0 Å². The second kappa shape index (κ2) is 5.34. The summed E-state index contributed by atoms with van der Waals surface area (Å²) in [5.74, 6) is 0.127. The van der Waals surface area contributed by atoms with E-state index < -0.39 is 6.04 Å². The standard InChI is InChI=1S/C15H16N2O2/c18-15-13(12-9-5-2-6-10-16-12)17-14(19-15)11-7-3-1-4-8-11/h1,3-4,7-8,13H,2,5-6,9-10H2/t13-/m0/s1. The SMILES string of the molecule is O=C1OC(c2ccccc2)=N[C@H]1C1=NCCCCC1. The lowest BCUT2D eigenvalue weighted by atomic mass is 10.1. The van der Waals surface area contributed by atoms with Gasteiger partial charge in [-0.15, -0.1) is 0 Å². The number of nitrogens with zero attached hydrogens (tertiary/aromatic N) is 2. The van der Waals surface area contributed by atoms with E-state index in [2.05, 4.69) is 9.98 Å². The summed E-state index contributed by atoms with van der Waals surface area (Å²) < 4.78 is 5.28. The highest BCUT2D eigenvalue weighted by molar-refractivity contribution is 6.16. The molecule has 2 aliphatic heterocycles. The summed E-state index contributed by atoms with van der Waals surface area (Å²) in [6.45, 7) is 0.801. The molecule has 0 bridgehead atoms. The summed E-state index contributed by atoms with van der Waals surface area (Å²) in [5.41, 5.74) is 1.72. The van der Waals surface area contributed by atoms with Crippen LogP contribution in [-0.4, -0.2) is 30.2 Å². The summed E-state index contributed by atoms with van der Waals surface area (Å²) in [7, 11) is 0. The van der Waals surface area contributed by atoms with Crippen molar-refractivity contribution < 1.29 is 9.53 Å². The molecule has 1 atom stereocenters. The first-order chi connectivity index (χ1) is 9.34. The Labute approximate surface area is 112 Å². The van der Waals surface area contributed by atoms with E-state index in [1.54, 1.807) is 0 Å². The molecule has 3 rings (SSSR count). The van der Waals surface area contributed by atoms with Gasteiger partial charge in [0.05, 0.1) is 0 Å². The molecule has 1 aromatic carbocycles. The molecule has 0 fully saturated rings. The molecule has 19 heavy (non-hydrogen) atoms. The van der Waals surface area contributed by atoms with Crippen molar-refractivity contribution in [3.8, 4) is 0 Å². The van der Waals surface area contributed by atoms with Gasteiger partial charge in [-0.3, -0.25) is 4.99 Å². The van der Waals surface area contributed by atoms with Crippen molar-refractivity contribution in [1.82, 2.24) is 0 Å². The third-order valence-corrected chi connectivity index (χ3v) is 3.41. The Balaban J connectivity index is 1.85. The van der Waals surface area contributed by atoms with Gasteiger partial charge in [0.15, 0.2) is 6.04 Å². The number of ether oxygens (including phenoxy) is 1. The van der Waals surface area contributed by atoms with Gasteiger partial charge in [-0.1, -0.05) is 24.6 Å². The Hall–Kier alpha value is -1.97. The molecule has 0 saturated carbocycles. The molecule has 0 N–H and O–H groups in total. The highest BCUT2D eigenvalue weighted by atomic mass is 16.6. The molecule has 0 aliphatic carbocycles. The van der Waals surface area contributed by atoms with Crippen molar-refractivity contribution in [2.24, 2.45) is 9.98 Å². The molecule has 4 nitrogen and oxygen atoms in total. The predicted octanol–water partition coefficient (Wildman–Crippen LogP) is 2.37. The van der Waals surface area contributed by atoms with Gasteiger partial charge >= 0.3 is 5.97 Å². The molecular weight excluding hydrogens is 240 g/mol. The van der Waals surface area contributed by atoms with Crippen LogP contribution in [0.15, 0.2) is 40.3 Å². The van der Waals surface area contributed by atoms with Crippen molar-refractivity contribution in [2.45, 2.75) is 31.7 Å². The summed E-state index contributed by atoms with van der Waals surface area (Å²) in [5, 5.41) is 0. The fraction of sp³-hybridized carbons (Fsp3) is 0.400. The average molecular weight is 256 g/mol. The van der Waals surface area contributed by atoms with Gasteiger partial charge in [-0.25, -0.2) is 9.79 Å². The second-order valence-corrected chi connectivity index (χ2v) is 4.81. The third-order valence-electron chi connectivity index (χ3n) is 3.41. The van der Waals surface area contributed by atoms with Crippen LogP contribution in [0.5, 0.6) is 0 Å². The Morgan fingerprint density at radius 1 is 1.11 bits per heavy atom. The topological polar surface area (TPSA) is 51.0 Å². The highest BCUT2D eigenvalue weighted by Gasteiger charge is 2.33. The first-order valence-electron chi connectivity index (χ1n) is 6.73. The van der Waals surface area contributed by atoms with Crippen LogP contribution in [-0.2, 0) is 9.53 Å². The monoisotopic (exact) mass is 256 g/mol. The summed E-state index contributed by atoms with van der Waals surface area (Å²) >= 11 is 0. The van der Waals surface area contributed by atoms with E-state index in [-0.39, 0.29) is 5.97 Å². The van der Waals surface area contributed by atoms with Gasteiger partial charge in [-0.2, -0.15) is 0 Å². The highest BCUT2D eigenvalue weighted by Crippen LogP contribution is 2.19. The molecule has 0 amide bonds. The zero-order valence-electron chi connectivity index (χ0n) is 10.7. The minimum absolute atomic E-state index is 0.292. The Morgan fingerprint density at radius 2 is 1.95 bits per heavy atom. The molecule has 0 unspecified atom stereocenters. The number of cyclic esters (lactones) is 1. The summed E-state index contributed by atoms with van der Waals surface area (Å²) in [6, 6.07) is 9.00. The fourth-order valence-corrected chi connectivity index (χ4v) is 2.39. The number of aliphatic imine (C=N–C) groups is 2. The van der Waals surface area contributed by atoms with Gasteiger partial charge in [0.1, 0.15) is 0 Å². The van der Waals surface area contributed by atoms with Crippen molar-refractivity contribution in [3.63, 3.8) is 0 Å². The van der Waals surface area contributed by atoms with Crippen LogP contribution in [0.2, 0.25) is 0 Å². The minimum Gasteiger partial charge on any atom is -0.405 e. The van der Waals surface area contributed by atoms with Gasteiger partial charge in [0, 0.05) is 17.8 Å². The Bertz CT molecular complexity index is 534. The van der Waals surface area contributed by atoms with Gasteiger partial charge in [0.25, 0.3) is 0 Å². The largest absolute Gasteiger partial charge is 0.405 e. The molecule has 2 aliphatic rings. The van der Waals surface area contributed by atoms with E-state index in [0.717, 1.165) is 37.1 Å². The Morgan fingerprint density at radius 3 is 2.79 bits per heavy atom. The molecule has 0 aromatic heterocycles. The molecule has 98 valence electrons. The molecule has 0 saturated heterocycles. The molecule has 0 radical (unpaired) electrons. The summed E-state index contributed by atoms with van der Waals surface area (Å²) in [6.07, 6.45) is 4.20. The molecular formula is C15H16N2O2. The van der Waals surface area contributed by atoms with Gasteiger partial charge in [-0.05, 0) is 31.4 Å². The molecule has 4 heteroatoms. The zero-order chi connectivity index (χ0) is 13.1. The maximum atomic E-state index is 12.0. The minimum atomic E-state index is -0.520. The van der Waals surface area contributed by atoms with Crippen LogP contribution in [0, 0.1) is 0 Å². The maximum Gasteiger partial charge on any atom is 0.343 e. The quantitative estimate of drug-likeness (QED) is 0.763. The van der Waals surface area contributed by atoms with Crippen LogP contribution < -0.4 is 0 Å². The van der Waals surface area contributed by atoms with Crippen LogP contribution in [0.1, 0.15) is 31.2 Å². The summed E-state index contributed by atoms with van der Waals surface area (Å²) in [4.78, 5) is 20.9. The fourth-order valence-electron chi connectivity index (χ4n) is 2.39. The number of hydrogen-bond acceptors (Lipinski definition) is 4. The van der Waals surface area contributed by atoms with Crippen molar-refractivity contribution in [3.05, 3.63) is 35.9 Å². The van der Waals surface area contributed by atoms with E-state index in [1.165, 1.54) is 6.42 Å². The number of carbonyl (C=O) groups is 1. The van der Waals surface area contributed by atoms with E-state index in [9.17, 15) is 4.79 Å². The number of esters is 1. The number of rotatable bonds is 2. The first kappa shape index (κ1) is 12.1. The first-order valence-corrected chi connectivity index (χ1v) is 6.73. The Kier molecular flexibility index (Phi) is 3.40. The maximum absolute atomic E-state index is 12.0. The van der Waals surface area contributed by atoms with Gasteiger partial charge < -0.3 is 4.74 Å². The van der Waals surface area contributed by atoms with E-state index >= 15 is 0 Å². The van der Waals surface area contributed by atoms with Crippen LogP contribution >= 0.6 is 0 Å². The van der Waals surface area contributed by atoms with E-state index in [0.29, 0.717) is 5.90 Å². The second-order valence-electron chi connectivity index (χ2n) is 4.81. The predicted molar refractivity (Wildman–Crippen MR) is 73.6 cm³/mol. The average Bonchev–Trinajstić information content (AvgIpc) is 2.66. The van der Waals surface area contributed by atoms with Crippen molar-refractivity contribution in [2.75, 3.05) is 6.54 Å². The lowest BCUT2D eigenvalue weighted by Crippen LogP contribution is -2.25. The molecule has 2 heterocycles. The molecule has 1 aromatic rings. The number of hydrogen-bond donors (Lipinski definition) is 0.